The number of likely N-dealkylation sites (tertiary alicyclic amines) is 1. The summed E-state index contributed by atoms with van der Waals surface area (Å²) in [7, 11) is 0. The Labute approximate surface area is 85.2 Å². The zero-order chi connectivity index (χ0) is 9.80. The fourth-order valence-electron chi connectivity index (χ4n) is 2.15. The third-order valence-electron chi connectivity index (χ3n) is 3.07. The lowest BCUT2D eigenvalue weighted by Gasteiger charge is -2.28. The van der Waals surface area contributed by atoms with Gasteiger partial charge in [0.25, 0.3) is 0 Å². The molecule has 1 amide bonds. The summed E-state index contributed by atoms with van der Waals surface area (Å²) in [6.07, 6.45) is 4.03. The van der Waals surface area contributed by atoms with E-state index in [-0.39, 0.29) is 5.91 Å². The fraction of sp³-hybridized carbons (Fsp3) is 0.900. The molecular formula is C10H19N3O. The highest BCUT2D eigenvalue weighted by molar-refractivity contribution is 5.79. The lowest BCUT2D eigenvalue weighted by molar-refractivity contribution is -0.126. The van der Waals surface area contributed by atoms with Crippen molar-refractivity contribution in [3.05, 3.63) is 0 Å². The summed E-state index contributed by atoms with van der Waals surface area (Å²) in [5.74, 6) is 0.252. The fourth-order valence-corrected chi connectivity index (χ4v) is 2.15. The van der Waals surface area contributed by atoms with Gasteiger partial charge < -0.3 is 9.80 Å². The molecule has 4 heteroatoms. The smallest absolute Gasteiger partial charge is 0.237 e. The molecule has 2 aliphatic rings. The van der Waals surface area contributed by atoms with Gasteiger partial charge in [-0.05, 0) is 25.9 Å². The monoisotopic (exact) mass is 197 g/mol. The molecule has 14 heavy (non-hydrogen) atoms. The molecule has 4 nitrogen and oxygen atoms in total. The molecule has 0 aromatic heterocycles. The number of hydrogen-bond acceptors (Lipinski definition) is 3. The maximum Gasteiger partial charge on any atom is 0.237 e. The van der Waals surface area contributed by atoms with Gasteiger partial charge in [-0.3, -0.25) is 10.1 Å². The van der Waals surface area contributed by atoms with E-state index in [4.69, 9.17) is 0 Å². The van der Waals surface area contributed by atoms with Gasteiger partial charge in [-0.1, -0.05) is 6.42 Å². The second kappa shape index (κ2) is 4.75. The highest BCUT2D eigenvalue weighted by Gasteiger charge is 2.20. The van der Waals surface area contributed by atoms with Crippen molar-refractivity contribution in [3.8, 4) is 0 Å². The van der Waals surface area contributed by atoms with Crippen molar-refractivity contribution >= 4 is 5.91 Å². The Morgan fingerprint density at radius 3 is 2.57 bits per heavy atom. The number of hydrogen-bond donors (Lipinski definition) is 1. The summed E-state index contributed by atoms with van der Waals surface area (Å²) in [5.41, 5.74) is 0. The average molecular weight is 197 g/mol. The zero-order valence-corrected chi connectivity index (χ0v) is 8.67. The summed E-state index contributed by atoms with van der Waals surface area (Å²) >= 11 is 0. The molecule has 2 fully saturated rings. The Balaban J connectivity index is 1.68. The van der Waals surface area contributed by atoms with Crippen LogP contribution in [0.15, 0.2) is 0 Å². The molecule has 0 aliphatic carbocycles. The third-order valence-corrected chi connectivity index (χ3v) is 3.07. The van der Waals surface area contributed by atoms with Crippen LogP contribution in [-0.4, -0.2) is 55.1 Å². The number of carbonyl (C=O) groups is 1. The summed E-state index contributed by atoms with van der Waals surface area (Å²) in [4.78, 5) is 15.7. The minimum absolute atomic E-state index is 0.252. The summed E-state index contributed by atoms with van der Waals surface area (Å²) in [6, 6.07) is 0. The topological polar surface area (TPSA) is 35.6 Å². The van der Waals surface area contributed by atoms with E-state index in [1.807, 2.05) is 4.90 Å². The quantitative estimate of drug-likeness (QED) is 0.684. The van der Waals surface area contributed by atoms with Crippen LogP contribution in [0.3, 0.4) is 0 Å². The van der Waals surface area contributed by atoms with Gasteiger partial charge in [-0.2, -0.15) is 0 Å². The van der Waals surface area contributed by atoms with E-state index in [0.29, 0.717) is 6.54 Å². The van der Waals surface area contributed by atoms with Gasteiger partial charge in [0.05, 0.1) is 13.2 Å². The van der Waals surface area contributed by atoms with Crippen molar-refractivity contribution in [3.63, 3.8) is 0 Å². The number of nitrogens with zero attached hydrogens (tertiary/aromatic N) is 2. The second-order valence-corrected chi connectivity index (χ2v) is 4.14. The molecule has 0 aromatic rings. The van der Waals surface area contributed by atoms with E-state index >= 15 is 0 Å². The highest BCUT2D eigenvalue weighted by atomic mass is 16.2. The van der Waals surface area contributed by atoms with Gasteiger partial charge in [0.2, 0.25) is 5.91 Å². The van der Waals surface area contributed by atoms with Crippen LogP contribution >= 0.6 is 0 Å². The summed E-state index contributed by atoms with van der Waals surface area (Å²) in [5, 5.41) is 3.07. The normalized spacial score (nSPS) is 24.6. The molecule has 0 aromatic carbocycles. The molecule has 2 saturated heterocycles. The van der Waals surface area contributed by atoms with Crippen LogP contribution in [0.4, 0.5) is 0 Å². The van der Waals surface area contributed by atoms with Crippen LogP contribution in [0.1, 0.15) is 19.3 Å². The largest absolute Gasteiger partial charge is 0.328 e. The van der Waals surface area contributed by atoms with E-state index in [1.165, 1.54) is 32.4 Å². The van der Waals surface area contributed by atoms with Crippen LogP contribution in [0.25, 0.3) is 0 Å². The molecule has 2 heterocycles. The van der Waals surface area contributed by atoms with E-state index in [2.05, 4.69) is 10.2 Å². The lowest BCUT2D eigenvalue weighted by Crippen LogP contribution is -2.38. The van der Waals surface area contributed by atoms with Crippen LogP contribution in [0, 0.1) is 0 Å². The second-order valence-electron chi connectivity index (χ2n) is 4.14. The Hall–Kier alpha value is -0.610. The Kier molecular flexibility index (Phi) is 3.37. The van der Waals surface area contributed by atoms with Gasteiger partial charge in [0.15, 0.2) is 0 Å². The van der Waals surface area contributed by atoms with Crippen molar-refractivity contribution in [2.45, 2.75) is 19.3 Å². The van der Waals surface area contributed by atoms with Gasteiger partial charge in [0.1, 0.15) is 0 Å². The van der Waals surface area contributed by atoms with Crippen molar-refractivity contribution < 1.29 is 4.79 Å². The molecule has 2 aliphatic heterocycles. The first-order chi connectivity index (χ1) is 6.86. The van der Waals surface area contributed by atoms with Gasteiger partial charge >= 0.3 is 0 Å². The van der Waals surface area contributed by atoms with E-state index in [9.17, 15) is 4.79 Å². The number of rotatable bonds is 3. The molecule has 0 bridgehead atoms. The highest BCUT2D eigenvalue weighted by Crippen LogP contribution is 2.08. The number of amides is 1. The minimum Gasteiger partial charge on any atom is -0.328 e. The van der Waals surface area contributed by atoms with E-state index in [0.717, 1.165) is 19.8 Å². The third kappa shape index (κ3) is 2.45. The minimum atomic E-state index is 0.252. The van der Waals surface area contributed by atoms with Gasteiger partial charge in [0, 0.05) is 13.1 Å². The predicted octanol–water partition coefficient (Wildman–Crippen LogP) is -0.138. The van der Waals surface area contributed by atoms with E-state index in [1.54, 1.807) is 0 Å². The maximum absolute atomic E-state index is 11.3. The standard InChI is InChI=1S/C10H19N3O/c14-10-8-11-9-13(10)7-6-12-4-2-1-3-5-12/h11H,1-9H2. The van der Waals surface area contributed by atoms with Crippen LogP contribution in [-0.2, 0) is 4.79 Å². The van der Waals surface area contributed by atoms with Crippen LogP contribution in [0.5, 0.6) is 0 Å². The summed E-state index contributed by atoms with van der Waals surface area (Å²) in [6.45, 7) is 5.65. The lowest BCUT2D eigenvalue weighted by atomic mass is 10.1. The van der Waals surface area contributed by atoms with Crippen molar-refractivity contribution in [1.29, 1.82) is 0 Å². The predicted molar refractivity (Wildman–Crippen MR) is 54.9 cm³/mol. The Morgan fingerprint density at radius 1 is 1.14 bits per heavy atom. The van der Waals surface area contributed by atoms with Gasteiger partial charge in [-0.25, -0.2) is 0 Å². The number of piperidine rings is 1. The number of carbonyl (C=O) groups excluding carboxylic acids is 1. The maximum atomic E-state index is 11.3. The Bertz CT molecular complexity index is 202. The molecule has 0 unspecified atom stereocenters. The zero-order valence-electron chi connectivity index (χ0n) is 8.67. The van der Waals surface area contributed by atoms with Crippen LogP contribution < -0.4 is 5.32 Å². The first-order valence-corrected chi connectivity index (χ1v) is 5.57. The van der Waals surface area contributed by atoms with Gasteiger partial charge in [-0.15, -0.1) is 0 Å². The average Bonchev–Trinajstić information content (AvgIpc) is 2.63. The van der Waals surface area contributed by atoms with Crippen molar-refractivity contribution in [2.75, 3.05) is 39.4 Å². The molecule has 0 radical (unpaired) electrons. The van der Waals surface area contributed by atoms with Crippen molar-refractivity contribution in [2.24, 2.45) is 0 Å². The van der Waals surface area contributed by atoms with Crippen LogP contribution in [0.2, 0.25) is 0 Å². The molecule has 2 rings (SSSR count). The Morgan fingerprint density at radius 2 is 1.93 bits per heavy atom. The molecule has 0 saturated carbocycles. The first kappa shape index (κ1) is 9.93. The molecule has 80 valence electrons. The SMILES string of the molecule is O=C1CNCN1CCN1CCCCC1. The molecule has 1 N–H and O–H groups in total. The first-order valence-electron chi connectivity index (χ1n) is 5.57. The summed E-state index contributed by atoms with van der Waals surface area (Å²) < 4.78 is 0. The number of nitrogens with one attached hydrogen (secondary N) is 1. The molecule has 0 atom stereocenters. The van der Waals surface area contributed by atoms with Crippen molar-refractivity contribution in [1.82, 2.24) is 15.1 Å². The van der Waals surface area contributed by atoms with E-state index < -0.39 is 0 Å². The molecule has 0 spiro atoms. The molecular weight excluding hydrogens is 178 g/mol.